The Labute approximate surface area is 206 Å². The number of hydrogen-bond acceptors (Lipinski definition) is 6. The summed E-state index contributed by atoms with van der Waals surface area (Å²) in [7, 11) is 0. The molecule has 0 saturated carbocycles. The molecule has 0 N–H and O–H groups in total. The number of rotatable bonds is 6. The van der Waals surface area contributed by atoms with Gasteiger partial charge in [0.2, 0.25) is 5.95 Å². The molecule has 1 saturated heterocycles. The van der Waals surface area contributed by atoms with Crippen molar-refractivity contribution in [1.29, 1.82) is 0 Å². The summed E-state index contributed by atoms with van der Waals surface area (Å²) in [6.45, 7) is 8.44. The number of halogens is 2. The van der Waals surface area contributed by atoms with Crippen LogP contribution in [0.1, 0.15) is 23.7 Å². The Bertz CT molecular complexity index is 1110. The quantitative estimate of drug-likeness (QED) is 0.520. The van der Waals surface area contributed by atoms with Crippen LogP contribution >= 0.6 is 12.4 Å². The lowest BCUT2D eigenvalue weighted by atomic mass is 10.1. The fourth-order valence-electron chi connectivity index (χ4n) is 4.68. The van der Waals surface area contributed by atoms with Crippen molar-refractivity contribution in [3.05, 3.63) is 77.4 Å². The van der Waals surface area contributed by atoms with Gasteiger partial charge in [-0.3, -0.25) is 4.90 Å². The van der Waals surface area contributed by atoms with E-state index >= 15 is 0 Å². The predicted octanol–water partition coefficient (Wildman–Crippen LogP) is 4.32. The van der Waals surface area contributed by atoms with Gasteiger partial charge in [0.15, 0.2) is 0 Å². The van der Waals surface area contributed by atoms with Crippen LogP contribution in [-0.2, 0) is 19.5 Å². The first kappa shape index (κ1) is 24.2. The van der Waals surface area contributed by atoms with Gasteiger partial charge in [-0.15, -0.1) is 12.4 Å². The molecule has 2 aliphatic heterocycles. The minimum Gasteiger partial charge on any atom is -0.494 e. The smallest absolute Gasteiger partial charge is 0.225 e. The third-order valence-electron chi connectivity index (χ3n) is 6.42. The highest BCUT2D eigenvalue weighted by atomic mass is 35.5. The lowest BCUT2D eigenvalue weighted by molar-refractivity contribution is 0.237. The van der Waals surface area contributed by atoms with E-state index in [2.05, 4.69) is 26.8 Å². The maximum absolute atomic E-state index is 14.1. The van der Waals surface area contributed by atoms with Crippen LogP contribution in [0.15, 0.2) is 54.7 Å². The van der Waals surface area contributed by atoms with Crippen LogP contribution in [0, 0.1) is 5.82 Å². The van der Waals surface area contributed by atoms with Gasteiger partial charge in [-0.25, -0.2) is 14.4 Å². The highest BCUT2D eigenvalue weighted by Crippen LogP contribution is 2.26. The van der Waals surface area contributed by atoms with Gasteiger partial charge >= 0.3 is 0 Å². The third-order valence-corrected chi connectivity index (χ3v) is 6.42. The average molecular weight is 484 g/mol. The Morgan fingerprint density at radius 1 is 0.941 bits per heavy atom. The summed E-state index contributed by atoms with van der Waals surface area (Å²) in [5.41, 5.74) is 4.23. The monoisotopic (exact) mass is 483 g/mol. The molecule has 1 fully saturated rings. The minimum atomic E-state index is -0.163. The fraction of sp³-hybridized carbons (Fsp3) is 0.385. The molecule has 5 rings (SSSR count). The highest BCUT2D eigenvalue weighted by Gasteiger charge is 2.24. The summed E-state index contributed by atoms with van der Waals surface area (Å²) in [5.74, 6) is 1.59. The van der Waals surface area contributed by atoms with Crippen molar-refractivity contribution in [2.75, 3.05) is 49.1 Å². The van der Waals surface area contributed by atoms with E-state index in [0.29, 0.717) is 12.3 Å². The molecule has 34 heavy (non-hydrogen) atoms. The number of fused-ring (bicyclic) bond motifs is 1. The van der Waals surface area contributed by atoms with Crippen LogP contribution in [0.25, 0.3) is 0 Å². The number of ether oxygens (including phenoxy) is 1. The van der Waals surface area contributed by atoms with Crippen LogP contribution in [0.5, 0.6) is 5.75 Å². The zero-order valence-electron chi connectivity index (χ0n) is 19.5. The second-order valence-corrected chi connectivity index (χ2v) is 8.57. The lowest BCUT2D eigenvalue weighted by Gasteiger charge is -2.36. The summed E-state index contributed by atoms with van der Waals surface area (Å²) in [4.78, 5) is 16.3. The molecule has 8 heteroatoms. The van der Waals surface area contributed by atoms with Crippen molar-refractivity contribution in [2.45, 2.75) is 26.4 Å². The first-order chi connectivity index (χ1) is 16.2. The van der Waals surface area contributed by atoms with Gasteiger partial charge in [-0.1, -0.05) is 30.3 Å². The fourth-order valence-corrected chi connectivity index (χ4v) is 4.68. The van der Waals surface area contributed by atoms with Gasteiger partial charge < -0.3 is 14.5 Å². The van der Waals surface area contributed by atoms with E-state index in [4.69, 9.17) is 14.7 Å². The number of benzene rings is 2. The number of aromatic nitrogens is 2. The first-order valence-electron chi connectivity index (χ1n) is 11.7. The van der Waals surface area contributed by atoms with Crippen molar-refractivity contribution in [2.24, 2.45) is 0 Å². The van der Waals surface area contributed by atoms with E-state index in [9.17, 15) is 4.39 Å². The summed E-state index contributed by atoms with van der Waals surface area (Å²) >= 11 is 0. The zero-order chi connectivity index (χ0) is 22.6. The van der Waals surface area contributed by atoms with Crippen molar-refractivity contribution in [3.63, 3.8) is 0 Å². The molecular formula is C26H31ClFN5O. The van der Waals surface area contributed by atoms with E-state index in [1.54, 1.807) is 6.07 Å². The van der Waals surface area contributed by atoms with Gasteiger partial charge in [0.1, 0.15) is 11.6 Å². The molecule has 0 unspecified atom stereocenters. The van der Waals surface area contributed by atoms with Gasteiger partial charge in [0.05, 0.1) is 18.0 Å². The molecule has 6 nitrogen and oxygen atoms in total. The second-order valence-electron chi connectivity index (χ2n) is 8.57. The summed E-state index contributed by atoms with van der Waals surface area (Å²) in [5, 5.41) is 0. The Morgan fingerprint density at radius 3 is 2.47 bits per heavy atom. The molecule has 1 aromatic heterocycles. The van der Waals surface area contributed by atoms with E-state index < -0.39 is 0 Å². The summed E-state index contributed by atoms with van der Waals surface area (Å²) < 4.78 is 19.9. The molecule has 0 bridgehead atoms. The van der Waals surface area contributed by atoms with Gasteiger partial charge in [-0.2, -0.15) is 0 Å². The number of hydrogen-bond donors (Lipinski definition) is 0. The van der Waals surface area contributed by atoms with Gasteiger partial charge in [0.25, 0.3) is 0 Å². The van der Waals surface area contributed by atoms with Crippen molar-refractivity contribution >= 4 is 24.0 Å². The largest absolute Gasteiger partial charge is 0.494 e. The predicted molar refractivity (Wildman–Crippen MR) is 136 cm³/mol. The molecular weight excluding hydrogens is 453 g/mol. The maximum atomic E-state index is 14.1. The highest BCUT2D eigenvalue weighted by molar-refractivity contribution is 5.85. The van der Waals surface area contributed by atoms with Crippen LogP contribution in [0.3, 0.4) is 0 Å². The van der Waals surface area contributed by atoms with E-state index in [-0.39, 0.29) is 18.2 Å². The lowest BCUT2D eigenvalue weighted by Crippen LogP contribution is -2.47. The minimum absolute atomic E-state index is 0. The third kappa shape index (κ3) is 5.26. The Morgan fingerprint density at radius 2 is 1.68 bits per heavy atom. The van der Waals surface area contributed by atoms with Gasteiger partial charge in [0, 0.05) is 69.6 Å². The number of anilines is 2. The van der Waals surface area contributed by atoms with Crippen LogP contribution < -0.4 is 14.5 Å². The SMILES string of the molecule is CCOc1ccccc1CN1CCc2nc(N3CCN(c4ccccc4F)CC3)ncc2C1.Cl. The first-order valence-corrected chi connectivity index (χ1v) is 11.7. The van der Waals surface area contributed by atoms with Crippen molar-refractivity contribution < 1.29 is 9.13 Å². The number of para-hydroxylation sites is 2. The molecule has 2 aliphatic rings. The number of nitrogens with zero attached hydrogens (tertiary/aromatic N) is 5. The van der Waals surface area contributed by atoms with E-state index in [0.717, 1.165) is 69.6 Å². The maximum Gasteiger partial charge on any atom is 0.225 e. The molecule has 2 aromatic carbocycles. The molecule has 0 atom stereocenters. The van der Waals surface area contributed by atoms with Gasteiger partial charge in [-0.05, 0) is 25.1 Å². The Hall–Kier alpha value is -2.90. The topological polar surface area (TPSA) is 44.7 Å². The molecule has 0 radical (unpaired) electrons. The van der Waals surface area contributed by atoms with E-state index in [1.807, 2.05) is 37.4 Å². The standard InChI is InChI=1S/C26H30FN5O.ClH/c1-2-33-25-10-6-3-7-20(25)18-30-12-11-23-21(19-30)17-28-26(29-23)32-15-13-31(14-16-32)24-9-5-4-8-22(24)27;/h3-10,17H,2,11-16,18-19H2,1H3;1H. The summed E-state index contributed by atoms with van der Waals surface area (Å²) in [6, 6.07) is 15.2. The van der Waals surface area contributed by atoms with Crippen molar-refractivity contribution in [3.8, 4) is 5.75 Å². The average Bonchev–Trinajstić information content (AvgIpc) is 2.85. The summed E-state index contributed by atoms with van der Waals surface area (Å²) in [6.07, 6.45) is 2.90. The van der Waals surface area contributed by atoms with Crippen LogP contribution in [0.2, 0.25) is 0 Å². The van der Waals surface area contributed by atoms with Crippen molar-refractivity contribution in [1.82, 2.24) is 14.9 Å². The molecule has 180 valence electrons. The molecule has 0 amide bonds. The normalized spacial score (nSPS) is 16.1. The zero-order valence-corrected chi connectivity index (χ0v) is 20.3. The second kappa shape index (κ2) is 11.0. The van der Waals surface area contributed by atoms with Crippen LogP contribution in [0.4, 0.5) is 16.0 Å². The van der Waals surface area contributed by atoms with E-state index in [1.165, 1.54) is 17.2 Å². The molecule has 3 heterocycles. The molecule has 0 aliphatic carbocycles. The number of piperazine rings is 1. The Balaban J connectivity index is 0.00000274. The molecule has 0 spiro atoms. The molecule has 3 aromatic rings. The Kier molecular flexibility index (Phi) is 7.85. The van der Waals surface area contributed by atoms with Crippen LogP contribution in [-0.4, -0.2) is 54.2 Å².